The quantitative estimate of drug-likeness (QED) is 0.348. The molecule has 2 heterocycles. The highest BCUT2D eigenvalue weighted by Crippen LogP contribution is 2.38. The van der Waals surface area contributed by atoms with Gasteiger partial charge in [0, 0.05) is 45.0 Å². The van der Waals surface area contributed by atoms with Crippen LogP contribution < -0.4 is 10.2 Å². The Morgan fingerprint density at radius 2 is 1.86 bits per heavy atom. The van der Waals surface area contributed by atoms with Crippen LogP contribution in [0.25, 0.3) is 11.0 Å². The van der Waals surface area contributed by atoms with E-state index in [0.29, 0.717) is 70.0 Å². The van der Waals surface area contributed by atoms with Gasteiger partial charge in [-0.25, -0.2) is 4.98 Å². The van der Waals surface area contributed by atoms with Gasteiger partial charge >= 0.3 is 12.1 Å². The summed E-state index contributed by atoms with van der Waals surface area (Å²) < 4.78 is 68.1. The van der Waals surface area contributed by atoms with E-state index in [0.717, 1.165) is 0 Å². The van der Waals surface area contributed by atoms with E-state index in [1.54, 1.807) is 42.3 Å². The summed E-state index contributed by atoms with van der Waals surface area (Å²) >= 11 is 12.8. The second-order valence-corrected chi connectivity index (χ2v) is 10.2. The molecule has 1 N–H and O–H groups in total. The van der Waals surface area contributed by atoms with Crippen LogP contribution in [0.5, 0.6) is 0 Å². The minimum Gasteiger partial charge on any atom is -0.370 e. The summed E-state index contributed by atoms with van der Waals surface area (Å²) in [7, 11) is 1.79. The number of hydrogen-bond acceptors (Lipinski definition) is 3. The molecule has 0 radical (unpaired) electrons. The van der Waals surface area contributed by atoms with Crippen molar-refractivity contribution in [2.75, 3.05) is 18.0 Å². The molecule has 2 aromatic carbocycles. The molecule has 1 fully saturated rings. The summed E-state index contributed by atoms with van der Waals surface area (Å²) in [6.45, 7) is 0.759. The molecule has 1 saturated heterocycles. The average molecular weight is 563 g/mol. The van der Waals surface area contributed by atoms with Crippen molar-refractivity contribution in [3.63, 3.8) is 0 Å². The Kier molecular flexibility index (Phi) is 7.63. The number of imidazole rings is 1. The topological polar surface area (TPSA) is 50.2 Å². The number of fused-ring (bicyclic) bond motifs is 1. The standard InChI is InChI=1S/C25H25Cl2F5N4O/c1-24(28,29)23(37)33-12-14-5-6-17(26)15(8-14)9-22-34-19-10-18(27)20(11-21(19)35(22)2)36-7-3-4-16(13-36)25(30,31)32/h5-6,8,10-11,16H,3-4,7,9,12-13H2,1-2H3,(H,33,37). The van der Waals surface area contributed by atoms with Crippen LogP contribution in [0.4, 0.5) is 27.6 Å². The SMILES string of the molecule is Cn1c(Cc2cc(CNC(=O)C(C)(F)F)ccc2Cl)nc2cc(Cl)c(N3CCCC(C(F)(F)F)C3)cc21. The Hall–Kier alpha value is -2.59. The third-order valence-corrected chi connectivity index (χ3v) is 7.25. The van der Waals surface area contributed by atoms with Gasteiger partial charge in [-0.1, -0.05) is 35.3 Å². The fourth-order valence-electron chi connectivity index (χ4n) is 4.50. The van der Waals surface area contributed by atoms with Gasteiger partial charge in [-0.3, -0.25) is 4.79 Å². The third-order valence-electron chi connectivity index (χ3n) is 6.58. The molecule has 37 heavy (non-hydrogen) atoms. The number of carbonyl (C=O) groups is 1. The van der Waals surface area contributed by atoms with Crippen molar-refractivity contribution < 1.29 is 26.7 Å². The molecule has 1 aliphatic rings. The van der Waals surface area contributed by atoms with E-state index >= 15 is 0 Å². The van der Waals surface area contributed by atoms with Gasteiger partial charge in [-0.2, -0.15) is 22.0 Å². The number of benzene rings is 2. The van der Waals surface area contributed by atoms with Gasteiger partial charge in [0.25, 0.3) is 5.91 Å². The highest BCUT2D eigenvalue weighted by atomic mass is 35.5. The first kappa shape index (κ1) is 27.4. The maximum Gasteiger partial charge on any atom is 0.393 e. The van der Waals surface area contributed by atoms with Crippen molar-refractivity contribution in [2.24, 2.45) is 13.0 Å². The molecular weight excluding hydrogens is 538 g/mol. The summed E-state index contributed by atoms with van der Waals surface area (Å²) in [5.41, 5.74) is 3.07. The zero-order valence-corrected chi connectivity index (χ0v) is 21.6. The number of halogens is 7. The molecule has 1 atom stereocenters. The van der Waals surface area contributed by atoms with E-state index in [1.165, 1.54) is 0 Å². The predicted octanol–water partition coefficient (Wildman–Crippen LogP) is 6.52. The van der Waals surface area contributed by atoms with E-state index < -0.39 is 23.9 Å². The predicted molar refractivity (Wildman–Crippen MR) is 133 cm³/mol. The summed E-state index contributed by atoms with van der Waals surface area (Å²) in [5, 5.41) is 2.96. The van der Waals surface area contributed by atoms with Gasteiger partial charge in [0.15, 0.2) is 0 Å². The fourth-order valence-corrected chi connectivity index (χ4v) is 4.96. The first-order valence-corrected chi connectivity index (χ1v) is 12.4. The van der Waals surface area contributed by atoms with Crippen molar-refractivity contribution in [3.8, 4) is 0 Å². The lowest BCUT2D eigenvalue weighted by atomic mass is 9.97. The van der Waals surface area contributed by atoms with Gasteiger partial charge in [0.2, 0.25) is 0 Å². The Morgan fingerprint density at radius 1 is 1.14 bits per heavy atom. The van der Waals surface area contributed by atoms with E-state index in [2.05, 4.69) is 10.3 Å². The first-order valence-electron chi connectivity index (χ1n) is 11.6. The second-order valence-electron chi connectivity index (χ2n) is 9.38. The highest BCUT2D eigenvalue weighted by Gasteiger charge is 2.42. The third kappa shape index (κ3) is 6.12. The van der Waals surface area contributed by atoms with Crippen molar-refractivity contribution in [1.82, 2.24) is 14.9 Å². The summed E-state index contributed by atoms with van der Waals surface area (Å²) in [6.07, 6.45) is -3.45. The van der Waals surface area contributed by atoms with E-state index in [1.807, 2.05) is 4.57 Å². The normalized spacial score (nSPS) is 16.9. The largest absolute Gasteiger partial charge is 0.393 e. The Labute approximate surface area is 220 Å². The minimum absolute atomic E-state index is 0.0945. The first-order chi connectivity index (χ1) is 17.2. The number of alkyl halides is 5. The van der Waals surface area contributed by atoms with Crippen molar-refractivity contribution in [1.29, 1.82) is 0 Å². The maximum atomic E-state index is 13.3. The zero-order valence-electron chi connectivity index (χ0n) is 20.1. The number of carbonyl (C=O) groups excluding carboxylic acids is 1. The van der Waals surface area contributed by atoms with E-state index in [-0.39, 0.29) is 19.5 Å². The number of nitrogens with zero attached hydrogens (tertiary/aromatic N) is 3. The smallest absolute Gasteiger partial charge is 0.370 e. The molecule has 200 valence electrons. The lowest BCUT2D eigenvalue weighted by molar-refractivity contribution is -0.176. The Bertz CT molecular complexity index is 1320. The van der Waals surface area contributed by atoms with Crippen LogP contribution in [-0.2, 0) is 24.8 Å². The highest BCUT2D eigenvalue weighted by molar-refractivity contribution is 6.34. The van der Waals surface area contributed by atoms with Gasteiger partial charge in [0.05, 0.1) is 27.7 Å². The van der Waals surface area contributed by atoms with Crippen LogP contribution in [-0.4, -0.2) is 40.6 Å². The molecule has 1 aliphatic heterocycles. The minimum atomic E-state index is -4.26. The van der Waals surface area contributed by atoms with Crippen molar-refractivity contribution in [3.05, 3.63) is 57.3 Å². The second kappa shape index (κ2) is 10.3. The molecule has 12 heteroatoms. The summed E-state index contributed by atoms with van der Waals surface area (Å²) in [5.74, 6) is -5.64. The van der Waals surface area contributed by atoms with Crippen LogP contribution in [0.15, 0.2) is 30.3 Å². The average Bonchev–Trinajstić information content (AvgIpc) is 3.11. The summed E-state index contributed by atoms with van der Waals surface area (Å²) in [6, 6.07) is 8.36. The van der Waals surface area contributed by atoms with Gasteiger partial charge in [0.1, 0.15) is 5.82 Å². The number of aryl methyl sites for hydroxylation is 1. The molecule has 3 aromatic rings. The number of rotatable bonds is 6. The molecule has 0 saturated carbocycles. The molecule has 1 unspecified atom stereocenters. The molecule has 1 aromatic heterocycles. The number of nitrogens with one attached hydrogen (secondary N) is 1. The van der Waals surface area contributed by atoms with Crippen LogP contribution >= 0.6 is 23.2 Å². The fraction of sp³-hybridized carbons (Fsp3) is 0.440. The van der Waals surface area contributed by atoms with Crippen LogP contribution in [0.3, 0.4) is 0 Å². The van der Waals surface area contributed by atoms with Gasteiger partial charge < -0.3 is 14.8 Å². The lowest BCUT2D eigenvalue weighted by Gasteiger charge is -2.35. The summed E-state index contributed by atoms with van der Waals surface area (Å²) in [4.78, 5) is 17.8. The van der Waals surface area contributed by atoms with Gasteiger partial charge in [-0.15, -0.1) is 0 Å². The van der Waals surface area contributed by atoms with Crippen LogP contribution in [0, 0.1) is 5.92 Å². The van der Waals surface area contributed by atoms with Gasteiger partial charge in [-0.05, 0) is 42.2 Å². The number of piperidine rings is 1. The Morgan fingerprint density at radius 3 is 2.54 bits per heavy atom. The zero-order chi connectivity index (χ0) is 27.1. The molecule has 0 aliphatic carbocycles. The van der Waals surface area contributed by atoms with Crippen molar-refractivity contribution in [2.45, 2.75) is 44.8 Å². The van der Waals surface area contributed by atoms with E-state index in [9.17, 15) is 26.7 Å². The molecular formula is C25H25Cl2F5N4O. The number of anilines is 1. The molecule has 1 amide bonds. The molecule has 5 nitrogen and oxygen atoms in total. The van der Waals surface area contributed by atoms with Crippen molar-refractivity contribution >= 4 is 45.8 Å². The monoisotopic (exact) mass is 562 g/mol. The Balaban J connectivity index is 1.58. The molecule has 4 rings (SSSR count). The maximum absolute atomic E-state index is 13.3. The van der Waals surface area contributed by atoms with Crippen LogP contribution in [0.1, 0.15) is 36.7 Å². The van der Waals surface area contributed by atoms with E-state index in [4.69, 9.17) is 23.2 Å². The van der Waals surface area contributed by atoms with Crippen LogP contribution in [0.2, 0.25) is 10.0 Å². The number of hydrogen-bond donors (Lipinski definition) is 1. The lowest BCUT2D eigenvalue weighted by Crippen LogP contribution is -2.41. The number of aromatic nitrogens is 2. The molecule has 0 bridgehead atoms. The number of amides is 1. The molecule has 0 spiro atoms.